The third-order valence-electron chi connectivity index (χ3n) is 2.71. The third-order valence-corrected chi connectivity index (χ3v) is 4.19. The van der Waals surface area contributed by atoms with Gasteiger partial charge in [0.25, 0.3) is 0 Å². The molecule has 2 N–H and O–H groups in total. The lowest BCUT2D eigenvalue weighted by molar-refractivity contribution is 0.543. The van der Waals surface area contributed by atoms with Gasteiger partial charge in [0.1, 0.15) is 0 Å². The van der Waals surface area contributed by atoms with E-state index in [-0.39, 0.29) is 6.04 Å². The van der Waals surface area contributed by atoms with Crippen LogP contribution in [0.5, 0.6) is 0 Å². The van der Waals surface area contributed by atoms with E-state index in [9.17, 15) is 0 Å². The highest BCUT2D eigenvalue weighted by atomic mass is 32.2. The van der Waals surface area contributed by atoms with Crippen LogP contribution >= 0.6 is 11.8 Å². The minimum absolute atomic E-state index is 0.0836. The number of nitrogens with zero attached hydrogens (tertiary/aromatic N) is 3. The van der Waals surface area contributed by atoms with Crippen LogP contribution in [0.25, 0.3) is 0 Å². The second kappa shape index (κ2) is 4.31. The van der Waals surface area contributed by atoms with Gasteiger partial charge in [-0.2, -0.15) is 11.8 Å². The molecule has 1 aliphatic heterocycles. The van der Waals surface area contributed by atoms with Gasteiger partial charge in [0.2, 0.25) is 0 Å². The van der Waals surface area contributed by atoms with Gasteiger partial charge in [-0.25, -0.2) is 0 Å². The Kier molecular flexibility index (Phi) is 3.08. The van der Waals surface area contributed by atoms with Gasteiger partial charge in [-0.15, -0.1) is 5.10 Å². The average molecular weight is 212 g/mol. The van der Waals surface area contributed by atoms with E-state index in [1.54, 1.807) is 10.9 Å². The maximum absolute atomic E-state index is 6.19. The molecule has 1 fully saturated rings. The molecule has 4 nitrogen and oxygen atoms in total. The first-order chi connectivity index (χ1) is 6.79. The summed E-state index contributed by atoms with van der Waals surface area (Å²) in [5, 5.41) is 8.31. The van der Waals surface area contributed by atoms with Crippen molar-refractivity contribution in [3.8, 4) is 0 Å². The van der Waals surface area contributed by atoms with Crippen molar-refractivity contribution >= 4 is 11.8 Å². The summed E-state index contributed by atoms with van der Waals surface area (Å²) in [6, 6.07) is 0.0836. The molecule has 0 bridgehead atoms. The molecule has 78 valence electrons. The Morgan fingerprint density at radius 2 is 2.50 bits per heavy atom. The fourth-order valence-corrected chi connectivity index (χ4v) is 3.19. The van der Waals surface area contributed by atoms with Crippen LogP contribution in [0.2, 0.25) is 0 Å². The zero-order valence-corrected chi connectivity index (χ0v) is 9.20. The maximum Gasteiger partial charge on any atom is 0.0762 e. The van der Waals surface area contributed by atoms with Crippen molar-refractivity contribution in [2.45, 2.75) is 30.6 Å². The van der Waals surface area contributed by atoms with Crippen LogP contribution in [-0.2, 0) is 7.05 Å². The lowest BCUT2D eigenvalue weighted by Crippen LogP contribution is -2.28. The first-order valence-electron chi connectivity index (χ1n) is 5.01. The van der Waals surface area contributed by atoms with Crippen molar-refractivity contribution in [2.24, 2.45) is 12.8 Å². The molecule has 1 saturated heterocycles. The zero-order valence-electron chi connectivity index (χ0n) is 8.39. The van der Waals surface area contributed by atoms with Crippen molar-refractivity contribution in [3.05, 3.63) is 11.9 Å². The fourth-order valence-electron chi connectivity index (χ4n) is 1.84. The van der Waals surface area contributed by atoms with Gasteiger partial charge in [0.05, 0.1) is 17.9 Å². The largest absolute Gasteiger partial charge is 0.322 e. The van der Waals surface area contributed by atoms with Gasteiger partial charge < -0.3 is 5.73 Å². The molecule has 1 aliphatic rings. The molecule has 14 heavy (non-hydrogen) atoms. The lowest BCUT2D eigenvalue weighted by Gasteiger charge is -2.26. The molecule has 2 rings (SSSR count). The summed E-state index contributed by atoms with van der Waals surface area (Å²) in [5.74, 6) is 1.24. The normalized spacial score (nSPS) is 24.9. The van der Waals surface area contributed by atoms with E-state index in [2.05, 4.69) is 10.3 Å². The molecule has 1 aromatic heterocycles. The quantitative estimate of drug-likeness (QED) is 0.797. The first-order valence-corrected chi connectivity index (χ1v) is 6.05. The van der Waals surface area contributed by atoms with E-state index in [1.807, 2.05) is 18.8 Å². The van der Waals surface area contributed by atoms with Crippen molar-refractivity contribution < 1.29 is 0 Å². The number of rotatable bonds is 2. The monoisotopic (exact) mass is 212 g/mol. The molecule has 0 amide bonds. The highest BCUT2D eigenvalue weighted by Crippen LogP contribution is 2.32. The summed E-state index contributed by atoms with van der Waals surface area (Å²) in [7, 11) is 1.90. The topological polar surface area (TPSA) is 56.7 Å². The lowest BCUT2D eigenvalue weighted by atomic mass is 10.1. The smallest absolute Gasteiger partial charge is 0.0762 e. The van der Waals surface area contributed by atoms with Gasteiger partial charge >= 0.3 is 0 Å². The Labute approximate surface area is 88.2 Å². The van der Waals surface area contributed by atoms with Gasteiger partial charge in [-0.05, 0) is 18.6 Å². The summed E-state index contributed by atoms with van der Waals surface area (Å²) in [6.45, 7) is 0. The summed E-state index contributed by atoms with van der Waals surface area (Å²) >= 11 is 1.98. The molecule has 0 aromatic carbocycles. The van der Waals surface area contributed by atoms with Crippen LogP contribution in [-0.4, -0.2) is 26.0 Å². The first kappa shape index (κ1) is 9.98. The highest BCUT2D eigenvalue weighted by Gasteiger charge is 2.24. The third kappa shape index (κ3) is 1.93. The SMILES string of the molecule is Cn1nncc1C(N)C1CCCCS1. The Morgan fingerprint density at radius 3 is 3.07 bits per heavy atom. The van der Waals surface area contributed by atoms with Crippen molar-refractivity contribution in [3.63, 3.8) is 0 Å². The van der Waals surface area contributed by atoms with E-state index in [0.717, 1.165) is 5.69 Å². The zero-order chi connectivity index (χ0) is 9.97. The van der Waals surface area contributed by atoms with Crippen LogP contribution < -0.4 is 5.73 Å². The van der Waals surface area contributed by atoms with Crippen LogP contribution in [0, 0.1) is 0 Å². The van der Waals surface area contributed by atoms with E-state index < -0.39 is 0 Å². The minimum atomic E-state index is 0.0836. The van der Waals surface area contributed by atoms with Crippen molar-refractivity contribution in [1.82, 2.24) is 15.0 Å². The second-order valence-corrected chi connectivity index (χ2v) is 5.06. The summed E-state index contributed by atoms with van der Waals surface area (Å²) in [6.07, 6.45) is 5.63. The molecule has 0 radical (unpaired) electrons. The van der Waals surface area contributed by atoms with Crippen molar-refractivity contribution in [1.29, 1.82) is 0 Å². The number of hydrogen-bond acceptors (Lipinski definition) is 4. The second-order valence-electron chi connectivity index (χ2n) is 3.71. The predicted molar refractivity (Wildman–Crippen MR) is 58.0 cm³/mol. The standard InChI is InChI=1S/C9H16N4S/c1-13-7(6-11-12-13)9(10)8-4-2-3-5-14-8/h6,8-9H,2-5,10H2,1H3. The Balaban J connectivity index is 2.07. The van der Waals surface area contributed by atoms with E-state index in [0.29, 0.717) is 5.25 Å². The fraction of sp³-hybridized carbons (Fsp3) is 0.778. The van der Waals surface area contributed by atoms with E-state index in [1.165, 1.54) is 25.0 Å². The molecular weight excluding hydrogens is 196 g/mol. The van der Waals surface area contributed by atoms with E-state index in [4.69, 9.17) is 5.73 Å². The Morgan fingerprint density at radius 1 is 1.64 bits per heavy atom. The predicted octanol–water partition coefficient (Wildman–Crippen LogP) is 1.10. The molecule has 2 unspecified atom stereocenters. The van der Waals surface area contributed by atoms with Gasteiger partial charge in [-0.3, -0.25) is 4.68 Å². The van der Waals surface area contributed by atoms with Gasteiger partial charge in [0.15, 0.2) is 0 Å². The molecule has 2 heterocycles. The van der Waals surface area contributed by atoms with Crippen molar-refractivity contribution in [2.75, 3.05) is 5.75 Å². The van der Waals surface area contributed by atoms with Gasteiger partial charge in [-0.1, -0.05) is 11.6 Å². The molecular formula is C9H16N4S. The summed E-state index contributed by atoms with van der Waals surface area (Å²) in [4.78, 5) is 0. The molecule has 0 spiro atoms. The molecule has 0 saturated carbocycles. The maximum atomic E-state index is 6.19. The molecule has 1 aromatic rings. The van der Waals surface area contributed by atoms with E-state index >= 15 is 0 Å². The van der Waals surface area contributed by atoms with Crippen LogP contribution in [0.1, 0.15) is 31.0 Å². The summed E-state index contributed by atoms with van der Waals surface area (Å²) < 4.78 is 1.78. The number of hydrogen-bond donors (Lipinski definition) is 1. The van der Waals surface area contributed by atoms with Crippen LogP contribution in [0.4, 0.5) is 0 Å². The van der Waals surface area contributed by atoms with Crippen LogP contribution in [0.3, 0.4) is 0 Å². The highest BCUT2D eigenvalue weighted by molar-refractivity contribution is 8.00. The molecule has 2 atom stereocenters. The molecule has 5 heteroatoms. The minimum Gasteiger partial charge on any atom is -0.322 e. The number of aromatic nitrogens is 3. The average Bonchev–Trinajstić information content (AvgIpc) is 2.65. The van der Waals surface area contributed by atoms with Gasteiger partial charge in [0, 0.05) is 12.3 Å². The summed E-state index contributed by atoms with van der Waals surface area (Å²) in [5.41, 5.74) is 7.24. The number of thioether (sulfide) groups is 1. The Bertz CT molecular complexity index is 293. The molecule has 0 aliphatic carbocycles. The number of aryl methyl sites for hydroxylation is 1. The number of nitrogens with two attached hydrogens (primary N) is 1. The van der Waals surface area contributed by atoms with Crippen LogP contribution in [0.15, 0.2) is 6.20 Å². The Hall–Kier alpha value is -0.550.